The van der Waals surface area contributed by atoms with Crippen molar-refractivity contribution in [2.24, 2.45) is 0 Å². The largest absolute Gasteiger partial charge is 0.497 e. The molecule has 0 aliphatic heterocycles. The molecule has 0 spiro atoms. The highest BCUT2D eigenvalue weighted by Crippen LogP contribution is 2.19. The molecule has 0 atom stereocenters. The molecule has 0 aliphatic rings. The van der Waals surface area contributed by atoms with Crippen LogP contribution < -0.4 is 10.1 Å². The fourth-order valence-electron chi connectivity index (χ4n) is 2.59. The molecule has 0 saturated heterocycles. The standard InChI is InChI=1S/C21H21N3O5/c1-14-5-3-4-6-17(14)21(26)22-12-11-19(25)28-13-18-23-20(24-29-18)15-7-9-16(27-2)10-8-15/h3-10H,11-13H2,1-2H3,(H,22,26). The van der Waals surface area contributed by atoms with Crippen molar-refractivity contribution >= 4 is 11.9 Å². The van der Waals surface area contributed by atoms with Gasteiger partial charge in [-0.05, 0) is 42.8 Å². The molecule has 0 bridgehead atoms. The first-order valence-corrected chi connectivity index (χ1v) is 9.03. The fourth-order valence-corrected chi connectivity index (χ4v) is 2.59. The van der Waals surface area contributed by atoms with Crippen LogP contribution in [0.1, 0.15) is 28.2 Å². The van der Waals surface area contributed by atoms with Gasteiger partial charge in [0.15, 0.2) is 6.61 Å². The Morgan fingerprint density at radius 1 is 1.10 bits per heavy atom. The first-order chi connectivity index (χ1) is 14.1. The van der Waals surface area contributed by atoms with Crippen molar-refractivity contribution in [3.05, 3.63) is 65.5 Å². The van der Waals surface area contributed by atoms with Crippen molar-refractivity contribution in [1.29, 1.82) is 0 Å². The third kappa shape index (κ3) is 5.41. The molecule has 150 valence electrons. The molecule has 3 aromatic rings. The van der Waals surface area contributed by atoms with Crippen LogP contribution in [-0.2, 0) is 16.1 Å². The van der Waals surface area contributed by atoms with Crippen LogP contribution in [0.2, 0.25) is 0 Å². The minimum Gasteiger partial charge on any atom is -0.497 e. The van der Waals surface area contributed by atoms with Gasteiger partial charge in [0.25, 0.3) is 11.8 Å². The molecule has 0 saturated carbocycles. The van der Waals surface area contributed by atoms with Gasteiger partial charge in [-0.2, -0.15) is 4.98 Å². The molecular weight excluding hydrogens is 374 g/mol. The van der Waals surface area contributed by atoms with Gasteiger partial charge in [0.1, 0.15) is 5.75 Å². The number of hydrogen-bond donors (Lipinski definition) is 1. The molecule has 0 unspecified atom stereocenters. The van der Waals surface area contributed by atoms with Crippen LogP contribution in [0.4, 0.5) is 0 Å². The zero-order chi connectivity index (χ0) is 20.6. The number of methoxy groups -OCH3 is 1. The van der Waals surface area contributed by atoms with Crippen LogP contribution >= 0.6 is 0 Å². The number of aromatic nitrogens is 2. The number of carbonyl (C=O) groups is 2. The zero-order valence-corrected chi connectivity index (χ0v) is 16.2. The van der Waals surface area contributed by atoms with Crippen LogP contribution in [0, 0.1) is 6.92 Å². The van der Waals surface area contributed by atoms with Gasteiger partial charge < -0.3 is 19.3 Å². The Hall–Kier alpha value is -3.68. The summed E-state index contributed by atoms with van der Waals surface area (Å²) < 4.78 is 15.3. The predicted molar refractivity (Wildman–Crippen MR) is 104 cm³/mol. The number of carbonyl (C=O) groups excluding carboxylic acids is 2. The Morgan fingerprint density at radius 3 is 2.59 bits per heavy atom. The normalized spacial score (nSPS) is 10.4. The highest BCUT2D eigenvalue weighted by atomic mass is 16.6. The van der Waals surface area contributed by atoms with Crippen molar-refractivity contribution in [3.8, 4) is 17.1 Å². The maximum atomic E-state index is 12.1. The van der Waals surface area contributed by atoms with Crippen molar-refractivity contribution in [2.45, 2.75) is 20.0 Å². The first-order valence-electron chi connectivity index (χ1n) is 9.03. The maximum absolute atomic E-state index is 12.1. The van der Waals surface area contributed by atoms with Gasteiger partial charge in [-0.25, -0.2) is 0 Å². The van der Waals surface area contributed by atoms with Gasteiger partial charge in [-0.15, -0.1) is 0 Å². The summed E-state index contributed by atoms with van der Waals surface area (Å²) in [6.45, 7) is 1.90. The van der Waals surface area contributed by atoms with E-state index in [1.165, 1.54) is 0 Å². The average Bonchev–Trinajstić information content (AvgIpc) is 3.21. The summed E-state index contributed by atoms with van der Waals surface area (Å²) >= 11 is 0. The molecule has 1 amide bonds. The number of nitrogens with zero attached hydrogens (tertiary/aromatic N) is 2. The van der Waals surface area contributed by atoms with E-state index in [0.29, 0.717) is 11.4 Å². The van der Waals surface area contributed by atoms with Crippen LogP contribution in [-0.4, -0.2) is 35.7 Å². The fraction of sp³-hybridized carbons (Fsp3) is 0.238. The molecule has 8 heteroatoms. The summed E-state index contributed by atoms with van der Waals surface area (Å²) in [5.41, 5.74) is 2.21. The van der Waals surface area contributed by atoms with Crippen molar-refractivity contribution in [3.63, 3.8) is 0 Å². The highest BCUT2D eigenvalue weighted by Gasteiger charge is 2.12. The van der Waals surface area contributed by atoms with E-state index in [4.69, 9.17) is 14.0 Å². The third-order valence-electron chi connectivity index (χ3n) is 4.18. The summed E-state index contributed by atoms with van der Waals surface area (Å²) in [5.74, 6) is 0.606. The predicted octanol–water partition coefficient (Wildman–Crippen LogP) is 2.92. The topological polar surface area (TPSA) is 104 Å². The molecule has 1 N–H and O–H groups in total. The van der Waals surface area contributed by atoms with E-state index in [1.807, 2.05) is 19.1 Å². The number of ether oxygens (including phenoxy) is 2. The smallest absolute Gasteiger partial charge is 0.308 e. The molecule has 2 aromatic carbocycles. The Balaban J connectivity index is 1.43. The Morgan fingerprint density at radius 2 is 1.86 bits per heavy atom. The lowest BCUT2D eigenvalue weighted by molar-refractivity contribution is -0.145. The van der Waals surface area contributed by atoms with Gasteiger partial charge in [-0.1, -0.05) is 23.4 Å². The lowest BCUT2D eigenvalue weighted by Gasteiger charge is -2.07. The molecule has 0 aliphatic carbocycles. The molecule has 1 aromatic heterocycles. The number of benzene rings is 2. The SMILES string of the molecule is COc1ccc(-c2noc(COC(=O)CCNC(=O)c3ccccc3C)n2)cc1. The summed E-state index contributed by atoms with van der Waals surface area (Å²) in [5, 5.41) is 6.57. The summed E-state index contributed by atoms with van der Waals surface area (Å²) in [7, 11) is 1.59. The molecule has 29 heavy (non-hydrogen) atoms. The van der Waals surface area contributed by atoms with Gasteiger partial charge in [0, 0.05) is 17.7 Å². The van der Waals surface area contributed by atoms with E-state index < -0.39 is 5.97 Å². The lowest BCUT2D eigenvalue weighted by atomic mass is 10.1. The summed E-state index contributed by atoms with van der Waals surface area (Å²) in [6.07, 6.45) is 0.0388. The van der Waals surface area contributed by atoms with E-state index in [2.05, 4.69) is 15.5 Å². The molecule has 1 heterocycles. The van der Waals surface area contributed by atoms with Gasteiger partial charge >= 0.3 is 5.97 Å². The number of esters is 1. The van der Waals surface area contributed by atoms with Crippen molar-refractivity contribution in [1.82, 2.24) is 15.5 Å². The van der Waals surface area contributed by atoms with Crippen LogP contribution in [0.15, 0.2) is 53.1 Å². The molecule has 0 radical (unpaired) electrons. The third-order valence-corrected chi connectivity index (χ3v) is 4.18. The van der Waals surface area contributed by atoms with E-state index in [9.17, 15) is 9.59 Å². The van der Waals surface area contributed by atoms with Crippen molar-refractivity contribution < 1.29 is 23.6 Å². The monoisotopic (exact) mass is 395 g/mol. The molecular formula is C21H21N3O5. The quantitative estimate of drug-likeness (QED) is 0.585. The van der Waals surface area contributed by atoms with Gasteiger partial charge in [-0.3, -0.25) is 9.59 Å². The van der Waals surface area contributed by atoms with Crippen LogP contribution in [0.3, 0.4) is 0 Å². The van der Waals surface area contributed by atoms with E-state index in [-0.39, 0.29) is 31.4 Å². The molecule has 0 fully saturated rings. The number of rotatable bonds is 8. The average molecular weight is 395 g/mol. The summed E-state index contributed by atoms with van der Waals surface area (Å²) in [6, 6.07) is 14.4. The van der Waals surface area contributed by atoms with E-state index >= 15 is 0 Å². The Labute approximate surface area is 167 Å². The molecule has 3 rings (SSSR count). The Kier molecular flexibility index (Phi) is 6.57. The minimum absolute atomic E-state index is 0.0388. The van der Waals surface area contributed by atoms with Crippen LogP contribution in [0.5, 0.6) is 5.75 Å². The maximum Gasteiger partial charge on any atom is 0.308 e. The highest BCUT2D eigenvalue weighted by molar-refractivity contribution is 5.95. The van der Waals surface area contributed by atoms with Crippen LogP contribution in [0.25, 0.3) is 11.4 Å². The van der Waals surface area contributed by atoms with E-state index in [0.717, 1.165) is 16.9 Å². The van der Waals surface area contributed by atoms with Gasteiger partial charge in [0.05, 0.1) is 13.5 Å². The minimum atomic E-state index is -0.473. The van der Waals surface area contributed by atoms with Crippen molar-refractivity contribution in [2.75, 3.05) is 13.7 Å². The number of hydrogen-bond acceptors (Lipinski definition) is 7. The molecule has 8 nitrogen and oxygen atoms in total. The van der Waals surface area contributed by atoms with E-state index in [1.54, 1.807) is 43.5 Å². The summed E-state index contributed by atoms with van der Waals surface area (Å²) in [4.78, 5) is 28.2. The second-order valence-corrected chi connectivity index (χ2v) is 6.22. The number of amides is 1. The number of nitrogens with one attached hydrogen (secondary N) is 1. The second kappa shape index (κ2) is 9.50. The zero-order valence-electron chi connectivity index (χ0n) is 16.2. The lowest BCUT2D eigenvalue weighted by Crippen LogP contribution is -2.27. The Bertz CT molecular complexity index is 982. The number of aryl methyl sites for hydroxylation is 1. The second-order valence-electron chi connectivity index (χ2n) is 6.22. The first kappa shape index (κ1) is 20.1. The van der Waals surface area contributed by atoms with Gasteiger partial charge in [0.2, 0.25) is 5.82 Å².